The number of hydrogen-bond acceptors (Lipinski definition) is 2. The van der Waals surface area contributed by atoms with E-state index in [2.05, 4.69) is 18.8 Å². The van der Waals surface area contributed by atoms with Crippen molar-refractivity contribution in [3.63, 3.8) is 0 Å². The molecule has 58 valence electrons. The summed E-state index contributed by atoms with van der Waals surface area (Å²) in [6.45, 7) is 6.38. The molecule has 0 aromatic rings. The second kappa shape index (κ2) is 3.15. The molecule has 0 fully saturated rings. The molecule has 0 radical (unpaired) electrons. The Balaban J connectivity index is 2.26. The van der Waals surface area contributed by atoms with E-state index in [9.17, 15) is 0 Å². The molecule has 1 heterocycles. The molecule has 0 saturated carbocycles. The lowest BCUT2D eigenvalue weighted by Crippen LogP contribution is -2.12. The Bertz CT molecular complexity index is 131. The summed E-state index contributed by atoms with van der Waals surface area (Å²) in [5.41, 5.74) is 0. The molecule has 2 atom stereocenters. The molecule has 0 aromatic heterocycles. The standard InChI is InChI=1S/C8H15NO/c1-6(2)4-8-9-5-7(3)10-8/h5-8H,4H2,1-3H3/t7-,8+/m1/s1. The van der Waals surface area contributed by atoms with Crippen molar-refractivity contribution in [2.24, 2.45) is 10.9 Å². The van der Waals surface area contributed by atoms with Crippen LogP contribution < -0.4 is 0 Å². The summed E-state index contributed by atoms with van der Waals surface area (Å²) in [6.07, 6.45) is 3.28. The van der Waals surface area contributed by atoms with Gasteiger partial charge in [-0.3, -0.25) is 4.99 Å². The molecule has 10 heavy (non-hydrogen) atoms. The summed E-state index contributed by atoms with van der Waals surface area (Å²) in [5, 5.41) is 0. The lowest BCUT2D eigenvalue weighted by atomic mass is 10.1. The van der Waals surface area contributed by atoms with Gasteiger partial charge in [-0.15, -0.1) is 0 Å². The molecule has 1 aliphatic heterocycles. The summed E-state index contributed by atoms with van der Waals surface area (Å²) >= 11 is 0. The van der Waals surface area contributed by atoms with Gasteiger partial charge >= 0.3 is 0 Å². The van der Waals surface area contributed by atoms with E-state index in [0.29, 0.717) is 5.92 Å². The Morgan fingerprint density at radius 3 is 2.70 bits per heavy atom. The van der Waals surface area contributed by atoms with E-state index in [4.69, 9.17) is 4.74 Å². The fraction of sp³-hybridized carbons (Fsp3) is 0.875. The predicted octanol–water partition coefficient (Wildman–Crippen LogP) is 1.85. The maximum atomic E-state index is 5.45. The summed E-state index contributed by atoms with van der Waals surface area (Å²) in [4.78, 5) is 4.21. The largest absolute Gasteiger partial charge is 0.348 e. The summed E-state index contributed by atoms with van der Waals surface area (Å²) in [5.74, 6) is 0.674. The first kappa shape index (κ1) is 7.73. The van der Waals surface area contributed by atoms with Crippen molar-refractivity contribution < 1.29 is 4.74 Å². The van der Waals surface area contributed by atoms with Crippen molar-refractivity contribution in [3.8, 4) is 0 Å². The molecule has 2 nitrogen and oxygen atoms in total. The van der Waals surface area contributed by atoms with Crippen LogP contribution in [0, 0.1) is 5.92 Å². The summed E-state index contributed by atoms with van der Waals surface area (Å²) in [6, 6.07) is 0. The van der Waals surface area contributed by atoms with Gasteiger partial charge in [-0.05, 0) is 19.3 Å². The molecule has 0 unspecified atom stereocenters. The van der Waals surface area contributed by atoms with Gasteiger partial charge in [-0.1, -0.05) is 13.8 Å². The van der Waals surface area contributed by atoms with E-state index in [-0.39, 0.29) is 12.3 Å². The van der Waals surface area contributed by atoms with Crippen molar-refractivity contribution in [1.29, 1.82) is 0 Å². The first-order valence-electron chi connectivity index (χ1n) is 3.87. The van der Waals surface area contributed by atoms with Crippen LogP contribution in [-0.4, -0.2) is 18.5 Å². The molecule has 0 aromatic carbocycles. The predicted molar refractivity (Wildman–Crippen MR) is 42.3 cm³/mol. The van der Waals surface area contributed by atoms with E-state index in [0.717, 1.165) is 6.42 Å². The van der Waals surface area contributed by atoms with Gasteiger partial charge in [0.15, 0.2) is 0 Å². The first-order valence-corrected chi connectivity index (χ1v) is 3.87. The maximum absolute atomic E-state index is 5.45. The SMILES string of the molecule is CC(C)C[C@H]1N=C[C@@H](C)O1. The molecule has 0 aliphatic carbocycles. The zero-order chi connectivity index (χ0) is 7.56. The van der Waals surface area contributed by atoms with E-state index in [1.54, 1.807) is 0 Å². The quantitative estimate of drug-likeness (QED) is 0.575. The molecule has 0 N–H and O–H groups in total. The highest BCUT2D eigenvalue weighted by Crippen LogP contribution is 2.14. The Morgan fingerprint density at radius 1 is 1.60 bits per heavy atom. The molecule has 2 heteroatoms. The zero-order valence-corrected chi connectivity index (χ0v) is 6.87. The number of rotatable bonds is 2. The lowest BCUT2D eigenvalue weighted by Gasteiger charge is -2.10. The second-order valence-electron chi connectivity index (χ2n) is 3.22. The van der Waals surface area contributed by atoms with Crippen molar-refractivity contribution >= 4 is 6.21 Å². The summed E-state index contributed by atoms with van der Waals surface area (Å²) in [7, 11) is 0. The highest BCUT2D eigenvalue weighted by molar-refractivity contribution is 5.64. The molecular weight excluding hydrogens is 126 g/mol. The van der Waals surface area contributed by atoms with Gasteiger partial charge in [0.05, 0.1) is 6.10 Å². The first-order chi connectivity index (χ1) is 4.68. The van der Waals surface area contributed by atoms with E-state index in [1.807, 2.05) is 13.1 Å². The van der Waals surface area contributed by atoms with E-state index in [1.165, 1.54) is 0 Å². The van der Waals surface area contributed by atoms with Gasteiger partial charge in [0.2, 0.25) is 0 Å². The van der Waals surface area contributed by atoms with Crippen LogP contribution >= 0.6 is 0 Å². The van der Waals surface area contributed by atoms with Crippen molar-refractivity contribution in [2.45, 2.75) is 39.5 Å². The van der Waals surface area contributed by atoms with Crippen LogP contribution in [0.5, 0.6) is 0 Å². The third-order valence-electron chi connectivity index (χ3n) is 1.51. The molecule has 1 aliphatic rings. The normalized spacial score (nSPS) is 32.0. The molecule has 0 amide bonds. The smallest absolute Gasteiger partial charge is 0.149 e. The van der Waals surface area contributed by atoms with Gasteiger partial charge in [-0.2, -0.15) is 0 Å². The van der Waals surface area contributed by atoms with Gasteiger partial charge in [0.1, 0.15) is 6.23 Å². The zero-order valence-electron chi connectivity index (χ0n) is 6.87. The number of aliphatic imine (C=N–C) groups is 1. The van der Waals surface area contributed by atoms with Gasteiger partial charge in [0.25, 0.3) is 0 Å². The van der Waals surface area contributed by atoms with Gasteiger partial charge in [-0.25, -0.2) is 0 Å². The van der Waals surface area contributed by atoms with Crippen molar-refractivity contribution in [2.75, 3.05) is 0 Å². The summed E-state index contributed by atoms with van der Waals surface area (Å²) < 4.78 is 5.45. The van der Waals surface area contributed by atoms with E-state index < -0.39 is 0 Å². The minimum Gasteiger partial charge on any atom is -0.348 e. The number of nitrogens with zero attached hydrogens (tertiary/aromatic N) is 1. The highest BCUT2D eigenvalue weighted by atomic mass is 16.5. The molecule has 0 bridgehead atoms. The van der Waals surface area contributed by atoms with Crippen LogP contribution in [0.3, 0.4) is 0 Å². The molecular formula is C8H15NO. The molecule has 0 spiro atoms. The lowest BCUT2D eigenvalue weighted by molar-refractivity contribution is 0.0474. The minimum atomic E-state index is 0.134. The van der Waals surface area contributed by atoms with E-state index >= 15 is 0 Å². The van der Waals surface area contributed by atoms with Gasteiger partial charge in [0, 0.05) is 6.21 Å². The Labute approximate surface area is 62.3 Å². The topological polar surface area (TPSA) is 21.6 Å². The van der Waals surface area contributed by atoms with Crippen LogP contribution in [0.2, 0.25) is 0 Å². The third-order valence-corrected chi connectivity index (χ3v) is 1.51. The Kier molecular flexibility index (Phi) is 2.44. The van der Waals surface area contributed by atoms with Crippen LogP contribution in [0.4, 0.5) is 0 Å². The van der Waals surface area contributed by atoms with Crippen LogP contribution in [0.15, 0.2) is 4.99 Å². The third kappa shape index (κ3) is 2.10. The van der Waals surface area contributed by atoms with Crippen LogP contribution in [-0.2, 0) is 4.74 Å². The molecule has 0 saturated heterocycles. The van der Waals surface area contributed by atoms with Gasteiger partial charge < -0.3 is 4.74 Å². The van der Waals surface area contributed by atoms with Crippen molar-refractivity contribution in [3.05, 3.63) is 0 Å². The molecule has 1 rings (SSSR count). The number of hydrogen-bond donors (Lipinski definition) is 0. The highest BCUT2D eigenvalue weighted by Gasteiger charge is 2.16. The Morgan fingerprint density at radius 2 is 2.30 bits per heavy atom. The fourth-order valence-electron chi connectivity index (χ4n) is 1.05. The van der Waals surface area contributed by atoms with Crippen LogP contribution in [0.1, 0.15) is 27.2 Å². The minimum absolute atomic E-state index is 0.134. The monoisotopic (exact) mass is 141 g/mol. The maximum Gasteiger partial charge on any atom is 0.149 e. The number of ether oxygens (including phenoxy) is 1. The second-order valence-corrected chi connectivity index (χ2v) is 3.22. The van der Waals surface area contributed by atoms with Crippen LogP contribution in [0.25, 0.3) is 0 Å². The average Bonchev–Trinajstić information content (AvgIpc) is 2.13. The fourth-order valence-corrected chi connectivity index (χ4v) is 1.05. The van der Waals surface area contributed by atoms with Crippen molar-refractivity contribution in [1.82, 2.24) is 0 Å². The average molecular weight is 141 g/mol. The Hall–Kier alpha value is -0.370.